The van der Waals surface area contributed by atoms with Crippen LogP contribution in [-0.2, 0) is 5.54 Å². The maximum Gasteiger partial charge on any atom is 0.252 e. The molecule has 1 aliphatic carbocycles. The summed E-state index contributed by atoms with van der Waals surface area (Å²) in [6.45, 7) is 0.233. The second-order valence-electron chi connectivity index (χ2n) is 6.78. The first-order valence-corrected chi connectivity index (χ1v) is 8.98. The smallest absolute Gasteiger partial charge is 0.252 e. The van der Waals surface area contributed by atoms with Gasteiger partial charge in [-0.15, -0.1) is 0 Å². The highest BCUT2D eigenvalue weighted by atomic mass is 16.7. The molecule has 0 bridgehead atoms. The molecule has 1 fully saturated rings. The molecule has 0 saturated heterocycles. The third-order valence-electron chi connectivity index (χ3n) is 4.89. The zero-order valence-corrected chi connectivity index (χ0v) is 14.9. The standard InChI is InChI=1S/C21H17N3O4/c25-20(14-2-1-3-16(10-14)28-19-12-22-8-9-23-19)24-21(6-7-21)15-4-5-17-18(11-15)27-13-26-17/h1-5,8-12H,6-7,13H2,(H,24,25). The molecule has 1 N–H and O–H groups in total. The number of ether oxygens (including phenoxy) is 3. The highest BCUT2D eigenvalue weighted by Gasteiger charge is 2.46. The predicted octanol–water partition coefficient (Wildman–Crippen LogP) is 3.42. The molecular formula is C21H17N3O4. The highest BCUT2D eigenvalue weighted by molar-refractivity contribution is 5.95. The number of carbonyl (C=O) groups is 1. The molecule has 1 amide bonds. The zero-order chi connectivity index (χ0) is 19.0. The van der Waals surface area contributed by atoms with Crippen LogP contribution in [0.4, 0.5) is 0 Å². The minimum Gasteiger partial charge on any atom is -0.454 e. The Hall–Kier alpha value is -3.61. The van der Waals surface area contributed by atoms with Gasteiger partial charge in [0.2, 0.25) is 12.7 Å². The Morgan fingerprint density at radius 1 is 1.07 bits per heavy atom. The molecule has 7 nitrogen and oxygen atoms in total. The number of hydrogen-bond acceptors (Lipinski definition) is 6. The van der Waals surface area contributed by atoms with E-state index in [0.717, 1.165) is 29.9 Å². The third kappa shape index (κ3) is 3.11. The van der Waals surface area contributed by atoms with Gasteiger partial charge in [0.25, 0.3) is 5.91 Å². The van der Waals surface area contributed by atoms with Gasteiger partial charge in [-0.2, -0.15) is 0 Å². The summed E-state index contributed by atoms with van der Waals surface area (Å²) in [6.07, 6.45) is 6.41. The van der Waals surface area contributed by atoms with E-state index in [4.69, 9.17) is 14.2 Å². The molecule has 0 radical (unpaired) electrons. The van der Waals surface area contributed by atoms with Crippen molar-refractivity contribution in [1.29, 1.82) is 0 Å². The number of hydrogen-bond donors (Lipinski definition) is 1. The van der Waals surface area contributed by atoms with Gasteiger partial charge < -0.3 is 19.5 Å². The van der Waals surface area contributed by atoms with Crippen LogP contribution in [0.2, 0.25) is 0 Å². The number of carbonyl (C=O) groups excluding carboxylic acids is 1. The zero-order valence-electron chi connectivity index (χ0n) is 14.9. The van der Waals surface area contributed by atoms with Crippen LogP contribution in [0.15, 0.2) is 61.1 Å². The van der Waals surface area contributed by atoms with Gasteiger partial charge in [-0.3, -0.25) is 9.78 Å². The van der Waals surface area contributed by atoms with Crippen LogP contribution in [0.3, 0.4) is 0 Å². The molecule has 2 heterocycles. The van der Waals surface area contributed by atoms with Gasteiger partial charge in [0.1, 0.15) is 5.75 Å². The number of aromatic nitrogens is 2. The van der Waals surface area contributed by atoms with E-state index >= 15 is 0 Å². The summed E-state index contributed by atoms with van der Waals surface area (Å²) in [4.78, 5) is 20.9. The van der Waals surface area contributed by atoms with Crippen LogP contribution in [0.1, 0.15) is 28.8 Å². The molecule has 1 aliphatic heterocycles. The Bertz CT molecular complexity index is 1030. The molecule has 7 heteroatoms. The van der Waals surface area contributed by atoms with E-state index in [9.17, 15) is 4.79 Å². The highest BCUT2D eigenvalue weighted by Crippen LogP contribution is 2.48. The lowest BCUT2D eigenvalue weighted by Crippen LogP contribution is -2.34. The van der Waals surface area contributed by atoms with E-state index in [1.165, 1.54) is 6.20 Å². The van der Waals surface area contributed by atoms with Crippen LogP contribution in [-0.4, -0.2) is 22.7 Å². The molecule has 1 aromatic heterocycles. The van der Waals surface area contributed by atoms with E-state index in [1.54, 1.807) is 36.7 Å². The lowest BCUT2D eigenvalue weighted by atomic mass is 10.0. The Labute approximate surface area is 161 Å². The van der Waals surface area contributed by atoms with Gasteiger partial charge in [-0.1, -0.05) is 12.1 Å². The lowest BCUT2D eigenvalue weighted by molar-refractivity contribution is 0.0930. The summed E-state index contributed by atoms with van der Waals surface area (Å²) in [5.41, 5.74) is 1.19. The summed E-state index contributed by atoms with van der Waals surface area (Å²) in [6, 6.07) is 12.8. The molecule has 5 rings (SSSR count). The number of amides is 1. The maximum atomic E-state index is 12.9. The average Bonchev–Trinajstić information content (AvgIpc) is 3.35. The van der Waals surface area contributed by atoms with Crippen molar-refractivity contribution in [3.05, 3.63) is 72.2 Å². The average molecular weight is 375 g/mol. The van der Waals surface area contributed by atoms with E-state index in [0.29, 0.717) is 17.2 Å². The van der Waals surface area contributed by atoms with Crippen molar-refractivity contribution in [3.63, 3.8) is 0 Å². The fourth-order valence-corrected chi connectivity index (χ4v) is 3.25. The second-order valence-corrected chi connectivity index (χ2v) is 6.78. The van der Waals surface area contributed by atoms with Crippen LogP contribution < -0.4 is 19.5 Å². The van der Waals surface area contributed by atoms with Gasteiger partial charge in [0.05, 0.1) is 11.7 Å². The molecule has 28 heavy (non-hydrogen) atoms. The van der Waals surface area contributed by atoms with E-state index < -0.39 is 0 Å². The quantitative estimate of drug-likeness (QED) is 0.736. The number of nitrogens with one attached hydrogen (secondary N) is 1. The van der Waals surface area contributed by atoms with Crippen molar-refractivity contribution in [2.45, 2.75) is 18.4 Å². The van der Waals surface area contributed by atoms with Crippen LogP contribution in [0.25, 0.3) is 0 Å². The van der Waals surface area contributed by atoms with Gasteiger partial charge in [0, 0.05) is 18.0 Å². The number of rotatable bonds is 5. The molecule has 2 aliphatic rings. The molecule has 3 aromatic rings. The van der Waals surface area contributed by atoms with Gasteiger partial charge in [-0.05, 0) is 48.7 Å². The molecule has 0 atom stereocenters. The molecule has 1 saturated carbocycles. The largest absolute Gasteiger partial charge is 0.454 e. The second kappa shape index (κ2) is 6.53. The molecule has 0 spiro atoms. The van der Waals surface area contributed by atoms with Crippen molar-refractivity contribution < 1.29 is 19.0 Å². The fourth-order valence-electron chi connectivity index (χ4n) is 3.25. The molecular weight excluding hydrogens is 358 g/mol. The minimum absolute atomic E-state index is 0.153. The topological polar surface area (TPSA) is 82.6 Å². The molecule has 2 aromatic carbocycles. The Morgan fingerprint density at radius 3 is 2.79 bits per heavy atom. The van der Waals surface area contributed by atoms with Crippen molar-refractivity contribution >= 4 is 5.91 Å². The van der Waals surface area contributed by atoms with Crippen molar-refractivity contribution in [1.82, 2.24) is 15.3 Å². The summed E-state index contributed by atoms with van der Waals surface area (Å²) in [5.74, 6) is 2.21. The Kier molecular flexibility index (Phi) is 3.86. The van der Waals surface area contributed by atoms with E-state index in [1.807, 2.05) is 18.2 Å². The van der Waals surface area contributed by atoms with Crippen molar-refractivity contribution in [2.75, 3.05) is 6.79 Å². The fraction of sp³-hybridized carbons (Fsp3) is 0.190. The summed E-state index contributed by atoms with van der Waals surface area (Å²) in [5, 5.41) is 3.16. The molecule has 0 unspecified atom stereocenters. The molecule has 140 valence electrons. The summed E-state index contributed by atoms with van der Waals surface area (Å²) < 4.78 is 16.5. The van der Waals surface area contributed by atoms with Gasteiger partial charge >= 0.3 is 0 Å². The van der Waals surface area contributed by atoms with Crippen molar-refractivity contribution in [3.8, 4) is 23.1 Å². The predicted molar refractivity (Wildman–Crippen MR) is 99.5 cm³/mol. The summed E-state index contributed by atoms with van der Waals surface area (Å²) >= 11 is 0. The van der Waals surface area contributed by atoms with Crippen molar-refractivity contribution in [2.24, 2.45) is 0 Å². The van der Waals surface area contributed by atoms with Crippen LogP contribution in [0, 0.1) is 0 Å². The number of fused-ring (bicyclic) bond motifs is 1. The van der Waals surface area contributed by atoms with E-state index in [-0.39, 0.29) is 18.2 Å². The Morgan fingerprint density at radius 2 is 1.96 bits per heavy atom. The first kappa shape index (κ1) is 16.6. The SMILES string of the molecule is O=C(NC1(c2ccc3c(c2)OCO3)CC1)c1cccc(Oc2cnccn2)c1. The number of nitrogens with zero attached hydrogens (tertiary/aromatic N) is 2. The van der Waals surface area contributed by atoms with Gasteiger partial charge in [0.15, 0.2) is 11.5 Å². The summed E-state index contributed by atoms with van der Waals surface area (Å²) in [7, 11) is 0. The minimum atomic E-state index is -0.361. The van der Waals surface area contributed by atoms with Gasteiger partial charge in [-0.25, -0.2) is 4.98 Å². The first-order valence-electron chi connectivity index (χ1n) is 8.98. The number of benzene rings is 2. The van der Waals surface area contributed by atoms with Crippen LogP contribution >= 0.6 is 0 Å². The monoisotopic (exact) mass is 375 g/mol. The lowest BCUT2D eigenvalue weighted by Gasteiger charge is -2.18. The maximum absolute atomic E-state index is 12.9. The third-order valence-corrected chi connectivity index (χ3v) is 4.89. The first-order chi connectivity index (χ1) is 13.7. The normalized spacial score (nSPS) is 15.7. The van der Waals surface area contributed by atoms with E-state index in [2.05, 4.69) is 15.3 Å². The van der Waals surface area contributed by atoms with Crippen LogP contribution in [0.5, 0.6) is 23.1 Å². The Balaban J connectivity index is 1.33.